The van der Waals surface area contributed by atoms with Crippen LogP contribution in [0, 0.1) is 0 Å². The number of hydrogen-bond acceptors (Lipinski definition) is 7. The number of benzene rings is 2. The zero-order valence-corrected chi connectivity index (χ0v) is 18.0. The van der Waals surface area contributed by atoms with Gasteiger partial charge in [-0.15, -0.1) is 11.8 Å². The van der Waals surface area contributed by atoms with Crippen LogP contribution < -0.4 is 5.73 Å². The van der Waals surface area contributed by atoms with Crippen LogP contribution >= 0.6 is 11.8 Å². The van der Waals surface area contributed by atoms with Crippen molar-refractivity contribution in [2.24, 2.45) is 10.9 Å². The molecule has 2 aromatic carbocycles. The third kappa shape index (κ3) is 3.96. The molecule has 7 nitrogen and oxygen atoms in total. The summed E-state index contributed by atoms with van der Waals surface area (Å²) in [6.45, 7) is 1.94. The van der Waals surface area contributed by atoms with Gasteiger partial charge in [0.2, 0.25) is 5.91 Å². The average molecular weight is 438 g/mol. The van der Waals surface area contributed by atoms with Gasteiger partial charge in [-0.1, -0.05) is 65.8 Å². The zero-order valence-electron chi connectivity index (χ0n) is 17.2. The molecule has 4 rings (SSSR count). The monoisotopic (exact) mass is 437 g/mol. The summed E-state index contributed by atoms with van der Waals surface area (Å²) in [5.74, 6) is -0.914. The minimum atomic E-state index is -0.643. The van der Waals surface area contributed by atoms with Crippen LogP contribution in [0.15, 0.2) is 77.1 Å². The Labute approximate surface area is 184 Å². The molecular weight excluding hydrogens is 414 g/mol. The fourth-order valence-electron chi connectivity index (χ4n) is 3.72. The number of carbonyl (C=O) groups is 2. The van der Waals surface area contributed by atoms with Crippen molar-refractivity contribution < 1.29 is 19.2 Å². The van der Waals surface area contributed by atoms with Gasteiger partial charge in [-0.3, -0.25) is 9.69 Å². The Bertz CT molecular complexity index is 986. The maximum Gasteiger partial charge on any atom is 0.356 e. The summed E-state index contributed by atoms with van der Waals surface area (Å²) in [6.07, 6.45) is 0.832. The number of β-lactam (4-membered cyclic amide) rings is 1. The van der Waals surface area contributed by atoms with Gasteiger partial charge >= 0.3 is 5.97 Å². The summed E-state index contributed by atoms with van der Waals surface area (Å²) < 4.78 is 6.01. The Morgan fingerprint density at radius 3 is 2.26 bits per heavy atom. The number of nitrogens with zero attached hydrogens (tertiary/aromatic N) is 2. The van der Waals surface area contributed by atoms with Crippen molar-refractivity contribution in [3.63, 3.8) is 0 Å². The van der Waals surface area contributed by atoms with E-state index >= 15 is 0 Å². The number of esters is 1. The molecule has 3 atom stereocenters. The number of hydrogen-bond donors (Lipinski definition) is 1. The lowest BCUT2D eigenvalue weighted by molar-refractivity contribution is -0.153. The number of nitrogens with two attached hydrogens (primary N) is 1. The SMILES string of the molecule is CO/N=C/C1=C(C(=O)OC(c2ccccc2)c2ccccc2)N2C(=O)C(N)[C@H]2S[C@@H]1C. The lowest BCUT2D eigenvalue weighted by Crippen LogP contribution is -2.69. The molecule has 1 amide bonds. The summed E-state index contributed by atoms with van der Waals surface area (Å²) in [7, 11) is 1.42. The zero-order chi connectivity index (χ0) is 22.0. The second-order valence-electron chi connectivity index (χ2n) is 7.23. The van der Waals surface area contributed by atoms with Crippen molar-refractivity contribution >= 4 is 29.9 Å². The summed E-state index contributed by atoms with van der Waals surface area (Å²) in [6, 6.07) is 18.3. The minimum Gasteiger partial charge on any atom is -0.448 e. The standard InChI is InChI=1S/C23H23N3O4S/c1-14-17(13-25-29-2)19(26-21(27)18(24)22(26)31-14)23(28)30-20(15-9-5-3-6-10-15)16-11-7-4-8-12-16/h3-14,18,20,22H,24H2,1-2H3/b25-13+/t14-,18?,22-/m1/s1. The number of ether oxygens (including phenoxy) is 1. The van der Waals surface area contributed by atoms with Crippen molar-refractivity contribution in [2.45, 2.75) is 29.7 Å². The maximum atomic E-state index is 13.5. The van der Waals surface area contributed by atoms with E-state index in [0.29, 0.717) is 5.57 Å². The van der Waals surface area contributed by atoms with Gasteiger partial charge in [-0.2, -0.15) is 0 Å². The Morgan fingerprint density at radius 1 is 1.13 bits per heavy atom. The Kier molecular flexibility index (Phi) is 6.11. The van der Waals surface area contributed by atoms with Crippen LogP contribution in [0.25, 0.3) is 0 Å². The van der Waals surface area contributed by atoms with Gasteiger partial charge in [0.25, 0.3) is 0 Å². The highest BCUT2D eigenvalue weighted by atomic mass is 32.2. The fraction of sp³-hybridized carbons (Fsp3) is 0.261. The number of fused-ring (bicyclic) bond motifs is 1. The Morgan fingerprint density at radius 2 is 1.71 bits per heavy atom. The molecule has 0 aromatic heterocycles. The summed E-state index contributed by atoms with van der Waals surface area (Å²) >= 11 is 1.51. The highest BCUT2D eigenvalue weighted by Crippen LogP contribution is 2.43. The van der Waals surface area contributed by atoms with Crippen LogP contribution in [0.1, 0.15) is 24.2 Å². The van der Waals surface area contributed by atoms with Crippen molar-refractivity contribution in [1.29, 1.82) is 0 Å². The van der Waals surface area contributed by atoms with Crippen molar-refractivity contribution in [2.75, 3.05) is 7.11 Å². The first-order valence-corrected chi connectivity index (χ1v) is 10.8. The van der Waals surface area contributed by atoms with Gasteiger partial charge in [0.05, 0.1) is 6.21 Å². The second kappa shape index (κ2) is 8.95. The number of carbonyl (C=O) groups excluding carboxylic acids is 2. The Hall–Kier alpha value is -3.10. The van der Waals surface area contributed by atoms with Crippen LogP contribution in [0.4, 0.5) is 0 Å². The molecule has 2 aliphatic rings. The van der Waals surface area contributed by atoms with Gasteiger partial charge in [-0.25, -0.2) is 4.79 Å². The molecule has 0 saturated carbocycles. The summed E-state index contributed by atoms with van der Waals surface area (Å²) in [5.41, 5.74) is 8.38. The lowest BCUT2D eigenvalue weighted by atomic mass is 10.00. The van der Waals surface area contributed by atoms with Crippen LogP contribution in [-0.4, -0.2) is 46.8 Å². The molecule has 2 heterocycles. The van der Waals surface area contributed by atoms with E-state index in [4.69, 9.17) is 15.3 Å². The third-order valence-electron chi connectivity index (χ3n) is 5.30. The minimum absolute atomic E-state index is 0.117. The lowest BCUT2D eigenvalue weighted by Gasteiger charge is -2.49. The molecule has 0 aliphatic carbocycles. The van der Waals surface area contributed by atoms with Gasteiger partial charge in [0, 0.05) is 10.8 Å². The van der Waals surface area contributed by atoms with Gasteiger partial charge in [0.1, 0.15) is 24.2 Å². The quantitative estimate of drug-likeness (QED) is 0.323. The van der Waals surface area contributed by atoms with Crippen LogP contribution in [0.5, 0.6) is 0 Å². The summed E-state index contributed by atoms with van der Waals surface area (Å²) in [4.78, 5) is 32.3. The van der Waals surface area contributed by atoms with Gasteiger partial charge in [0.15, 0.2) is 6.10 Å². The van der Waals surface area contributed by atoms with Crippen LogP contribution in [0.2, 0.25) is 0 Å². The van der Waals surface area contributed by atoms with Crippen molar-refractivity contribution in [3.05, 3.63) is 83.1 Å². The van der Waals surface area contributed by atoms with E-state index in [1.807, 2.05) is 67.6 Å². The largest absolute Gasteiger partial charge is 0.448 e. The van der Waals surface area contributed by atoms with E-state index in [-0.39, 0.29) is 22.2 Å². The second-order valence-corrected chi connectivity index (χ2v) is 8.69. The Balaban J connectivity index is 1.74. The highest BCUT2D eigenvalue weighted by Gasteiger charge is 2.53. The third-order valence-corrected chi connectivity index (χ3v) is 6.75. The first kappa shape index (κ1) is 21.1. The van der Waals surface area contributed by atoms with E-state index in [1.54, 1.807) is 0 Å². The first-order valence-electron chi connectivity index (χ1n) is 9.88. The molecule has 0 radical (unpaired) electrons. The van der Waals surface area contributed by atoms with Gasteiger partial charge < -0.3 is 15.3 Å². The van der Waals surface area contributed by atoms with E-state index in [9.17, 15) is 9.59 Å². The van der Waals surface area contributed by atoms with Crippen LogP contribution in [-0.2, 0) is 19.2 Å². The van der Waals surface area contributed by atoms with Crippen molar-refractivity contribution in [1.82, 2.24) is 4.90 Å². The van der Waals surface area contributed by atoms with E-state index in [0.717, 1.165) is 11.1 Å². The molecular formula is C23H23N3O4S. The van der Waals surface area contributed by atoms with Gasteiger partial charge in [-0.05, 0) is 18.1 Å². The number of rotatable bonds is 6. The highest BCUT2D eigenvalue weighted by molar-refractivity contribution is 8.00. The molecule has 1 fully saturated rings. The molecule has 1 unspecified atom stereocenters. The molecule has 2 aliphatic heterocycles. The van der Waals surface area contributed by atoms with E-state index < -0.39 is 18.1 Å². The topological polar surface area (TPSA) is 94.2 Å². The maximum absolute atomic E-state index is 13.5. The molecule has 0 spiro atoms. The molecule has 2 aromatic rings. The smallest absolute Gasteiger partial charge is 0.356 e. The number of oxime groups is 1. The average Bonchev–Trinajstić information content (AvgIpc) is 2.81. The molecule has 1 saturated heterocycles. The van der Waals surface area contributed by atoms with Crippen LogP contribution in [0.3, 0.4) is 0 Å². The fourth-order valence-corrected chi connectivity index (χ4v) is 5.08. The normalized spacial score (nSPS) is 23.0. The predicted molar refractivity (Wildman–Crippen MR) is 119 cm³/mol. The molecule has 8 heteroatoms. The molecule has 31 heavy (non-hydrogen) atoms. The van der Waals surface area contributed by atoms with E-state index in [1.165, 1.54) is 30.0 Å². The number of thioether (sulfide) groups is 1. The van der Waals surface area contributed by atoms with E-state index in [2.05, 4.69) is 5.16 Å². The predicted octanol–water partition coefficient (Wildman–Crippen LogP) is 2.84. The molecule has 160 valence electrons. The molecule has 2 N–H and O–H groups in total. The van der Waals surface area contributed by atoms with Crippen molar-refractivity contribution in [3.8, 4) is 0 Å². The molecule has 0 bridgehead atoms. The summed E-state index contributed by atoms with van der Waals surface area (Å²) in [5, 5.41) is 3.40. The first-order chi connectivity index (χ1) is 15.0. The number of amides is 1.